The van der Waals surface area contributed by atoms with Gasteiger partial charge >= 0.3 is 0 Å². The second-order valence-corrected chi connectivity index (χ2v) is 7.28. The van der Waals surface area contributed by atoms with Crippen molar-refractivity contribution in [2.75, 3.05) is 13.2 Å². The molecular formula is C22H26FN3O3. The van der Waals surface area contributed by atoms with E-state index < -0.39 is 11.7 Å². The van der Waals surface area contributed by atoms with Crippen molar-refractivity contribution in [2.24, 2.45) is 7.05 Å². The molecule has 1 atom stereocenters. The van der Waals surface area contributed by atoms with Crippen molar-refractivity contribution < 1.29 is 19.0 Å². The summed E-state index contributed by atoms with van der Waals surface area (Å²) in [6.07, 6.45) is 0.0933. The van der Waals surface area contributed by atoms with Gasteiger partial charge < -0.3 is 9.84 Å². The van der Waals surface area contributed by atoms with Crippen LogP contribution in [-0.4, -0.2) is 39.1 Å². The SMILES string of the molecule is CCOCC(=O)CC(c1ccc(C)c(CO)c1)c1cc(C)c2c(nnn2C)c1F. The van der Waals surface area contributed by atoms with Gasteiger partial charge in [0.2, 0.25) is 0 Å². The first-order valence-electron chi connectivity index (χ1n) is 9.65. The molecule has 1 aromatic heterocycles. The quantitative estimate of drug-likeness (QED) is 0.629. The van der Waals surface area contributed by atoms with E-state index in [4.69, 9.17) is 4.74 Å². The molecule has 29 heavy (non-hydrogen) atoms. The summed E-state index contributed by atoms with van der Waals surface area (Å²) in [4.78, 5) is 12.5. The third-order valence-electron chi connectivity index (χ3n) is 5.25. The maximum atomic E-state index is 15.5. The van der Waals surface area contributed by atoms with Gasteiger partial charge in [0.25, 0.3) is 0 Å². The third-order valence-corrected chi connectivity index (χ3v) is 5.25. The van der Waals surface area contributed by atoms with E-state index in [0.717, 1.165) is 22.3 Å². The van der Waals surface area contributed by atoms with E-state index in [-0.39, 0.29) is 30.9 Å². The minimum Gasteiger partial charge on any atom is -0.392 e. The minimum atomic E-state index is -0.515. The largest absolute Gasteiger partial charge is 0.392 e. The van der Waals surface area contributed by atoms with E-state index in [1.165, 1.54) is 0 Å². The number of fused-ring (bicyclic) bond motifs is 1. The molecule has 154 valence electrons. The van der Waals surface area contributed by atoms with E-state index in [1.54, 1.807) is 17.8 Å². The highest BCUT2D eigenvalue weighted by molar-refractivity contribution is 5.83. The monoisotopic (exact) mass is 399 g/mol. The van der Waals surface area contributed by atoms with Gasteiger partial charge in [0.1, 0.15) is 12.1 Å². The molecular weight excluding hydrogens is 373 g/mol. The summed E-state index contributed by atoms with van der Waals surface area (Å²) in [6.45, 7) is 5.91. The molecule has 0 fully saturated rings. The number of aliphatic hydroxyl groups is 1. The number of Topliss-reactive ketones (excluding diaryl/α,β-unsaturated/α-hetero) is 1. The fourth-order valence-corrected chi connectivity index (χ4v) is 3.69. The minimum absolute atomic E-state index is 0.0142. The molecule has 0 spiro atoms. The highest BCUT2D eigenvalue weighted by Crippen LogP contribution is 2.35. The highest BCUT2D eigenvalue weighted by Gasteiger charge is 2.25. The average Bonchev–Trinajstić information content (AvgIpc) is 3.10. The molecule has 2 aromatic carbocycles. The van der Waals surface area contributed by atoms with Gasteiger partial charge in [0.15, 0.2) is 11.6 Å². The van der Waals surface area contributed by atoms with Crippen LogP contribution in [0.2, 0.25) is 0 Å². The second-order valence-electron chi connectivity index (χ2n) is 7.28. The maximum Gasteiger partial charge on any atom is 0.159 e. The molecule has 1 heterocycles. The molecule has 0 aliphatic carbocycles. The van der Waals surface area contributed by atoms with Gasteiger partial charge in [0.05, 0.1) is 12.1 Å². The summed E-state index contributed by atoms with van der Waals surface area (Å²) in [6, 6.07) is 7.36. The van der Waals surface area contributed by atoms with Gasteiger partial charge in [-0.1, -0.05) is 29.5 Å². The maximum absolute atomic E-state index is 15.5. The Kier molecular flexibility index (Phi) is 6.39. The normalized spacial score (nSPS) is 12.5. The number of carbonyl (C=O) groups excluding carboxylic acids is 1. The number of carbonyl (C=O) groups is 1. The number of halogens is 1. The van der Waals surface area contributed by atoms with Gasteiger partial charge in [-0.3, -0.25) is 4.79 Å². The first-order chi connectivity index (χ1) is 13.9. The van der Waals surface area contributed by atoms with Gasteiger partial charge in [-0.15, -0.1) is 5.10 Å². The van der Waals surface area contributed by atoms with Crippen LogP contribution in [-0.2, 0) is 23.2 Å². The molecule has 3 aromatic rings. The first kappa shape index (κ1) is 21.1. The number of hydrogen-bond acceptors (Lipinski definition) is 5. The standard InChI is InChI=1S/C22H26FN3O3/c1-5-29-12-17(28)10-18(15-7-6-13(2)16(9-15)11-27)19-8-14(3)22-21(20(19)23)24-25-26(22)4/h6-9,18,27H,5,10-12H2,1-4H3. The van der Waals surface area contributed by atoms with Crippen molar-refractivity contribution in [3.05, 3.63) is 57.9 Å². The van der Waals surface area contributed by atoms with E-state index in [2.05, 4.69) is 10.3 Å². The third kappa shape index (κ3) is 4.21. The lowest BCUT2D eigenvalue weighted by Gasteiger charge is -2.20. The molecule has 0 aliphatic rings. The van der Waals surface area contributed by atoms with Crippen LogP contribution in [0.5, 0.6) is 0 Å². The van der Waals surface area contributed by atoms with Crippen LogP contribution in [0.1, 0.15) is 47.1 Å². The van der Waals surface area contributed by atoms with Crippen LogP contribution in [0.3, 0.4) is 0 Å². The van der Waals surface area contributed by atoms with E-state index >= 15 is 4.39 Å². The molecule has 6 nitrogen and oxygen atoms in total. The molecule has 1 unspecified atom stereocenters. The van der Waals surface area contributed by atoms with Crippen LogP contribution in [0.15, 0.2) is 24.3 Å². The molecule has 0 saturated heterocycles. The zero-order chi connectivity index (χ0) is 21.1. The molecule has 7 heteroatoms. The number of nitrogens with zero attached hydrogens (tertiary/aromatic N) is 3. The molecule has 0 amide bonds. The molecule has 1 N–H and O–H groups in total. The number of rotatable bonds is 8. The molecule has 3 rings (SSSR count). The summed E-state index contributed by atoms with van der Waals surface area (Å²) in [5.41, 5.74) is 4.52. The number of ether oxygens (including phenoxy) is 1. The van der Waals surface area contributed by atoms with Gasteiger partial charge in [-0.25, -0.2) is 9.07 Å². The number of aliphatic hydroxyl groups excluding tert-OH is 1. The van der Waals surface area contributed by atoms with E-state index in [9.17, 15) is 9.90 Å². The number of benzene rings is 2. The number of aromatic nitrogens is 3. The van der Waals surface area contributed by atoms with Crippen LogP contribution in [0, 0.1) is 19.7 Å². The smallest absolute Gasteiger partial charge is 0.159 e. The molecule has 0 radical (unpaired) electrons. The summed E-state index contributed by atoms with van der Waals surface area (Å²) in [7, 11) is 1.72. The zero-order valence-corrected chi connectivity index (χ0v) is 17.2. The second kappa shape index (κ2) is 8.80. The van der Waals surface area contributed by atoms with Crippen molar-refractivity contribution in [2.45, 2.75) is 39.7 Å². The first-order valence-corrected chi connectivity index (χ1v) is 9.65. The van der Waals surface area contributed by atoms with Gasteiger partial charge in [-0.05, 0) is 48.6 Å². The van der Waals surface area contributed by atoms with Gasteiger partial charge in [-0.2, -0.15) is 0 Å². The van der Waals surface area contributed by atoms with Crippen molar-refractivity contribution in [3.63, 3.8) is 0 Å². The van der Waals surface area contributed by atoms with Gasteiger partial charge in [0, 0.05) is 26.0 Å². The summed E-state index contributed by atoms with van der Waals surface area (Å²) < 4.78 is 22.2. The molecule has 0 bridgehead atoms. The summed E-state index contributed by atoms with van der Waals surface area (Å²) >= 11 is 0. The predicted molar refractivity (Wildman–Crippen MR) is 108 cm³/mol. The Bertz CT molecular complexity index is 1050. The zero-order valence-electron chi connectivity index (χ0n) is 17.2. The Balaban J connectivity index is 2.14. The fraction of sp³-hybridized carbons (Fsp3) is 0.409. The summed E-state index contributed by atoms with van der Waals surface area (Å²) in [5, 5.41) is 17.6. The number of ketones is 1. The lowest BCUT2D eigenvalue weighted by Crippen LogP contribution is -2.16. The van der Waals surface area contributed by atoms with E-state index in [1.807, 2.05) is 39.0 Å². The van der Waals surface area contributed by atoms with Crippen LogP contribution in [0.25, 0.3) is 11.0 Å². The Morgan fingerprint density at radius 3 is 2.72 bits per heavy atom. The van der Waals surface area contributed by atoms with Crippen LogP contribution >= 0.6 is 0 Å². The molecule has 0 aliphatic heterocycles. The average molecular weight is 399 g/mol. The van der Waals surface area contributed by atoms with Crippen molar-refractivity contribution >= 4 is 16.8 Å². The lowest BCUT2D eigenvalue weighted by atomic mass is 9.84. The highest BCUT2D eigenvalue weighted by atomic mass is 19.1. The Morgan fingerprint density at radius 1 is 1.28 bits per heavy atom. The fourth-order valence-electron chi connectivity index (χ4n) is 3.69. The lowest BCUT2D eigenvalue weighted by molar-refractivity contribution is -0.123. The number of aryl methyl sites for hydroxylation is 3. The Labute approximate surface area is 169 Å². The Hall–Kier alpha value is -2.64. The van der Waals surface area contributed by atoms with Crippen LogP contribution in [0.4, 0.5) is 4.39 Å². The van der Waals surface area contributed by atoms with Crippen molar-refractivity contribution in [1.29, 1.82) is 0 Å². The molecule has 0 saturated carbocycles. The number of hydrogen-bond donors (Lipinski definition) is 1. The summed E-state index contributed by atoms with van der Waals surface area (Å²) in [5.74, 6) is -1.10. The topological polar surface area (TPSA) is 77.2 Å². The predicted octanol–water partition coefficient (Wildman–Crippen LogP) is 3.34. The van der Waals surface area contributed by atoms with Crippen molar-refractivity contribution in [1.82, 2.24) is 15.0 Å². The van der Waals surface area contributed by atoms with Crippen molar-refractivity contribution in [3.8, 4) is 0 Å². The Morgan fingerprint density at radius 2 is 2.03 bits per heavy atom. The van der Waals surface area contributed by atoms with Crippen LogP contribution < -0.4 is 0 Å². The van der Waals surface area contributed by atoms with E-state index in [0.29, 0.717) is 17.7 Å².